The van der Waals surface area contributed by atoms with E-state index in [1.807, 2.05) is 0 Å². The molecule has 2 rings (SSSR count). The zero-order valence-electron chi connectivity index (χ0n) is 11.3. The number of nitrogens with one attached hydrogen (secondary N) is 1. The van der Waals surface area contributed by atoms with E-state index < -0.39 is 0 Å². The van der Waals surface area contributed by atoms with Crippen LogP contribution >= 0.6 is 11.6 Å². The van der Waals surface area contributed by atoms with Gasteiger partial charge in [0.25, 0.3) is 0 Å². The van der Waals surface area contributed by atoms with E-state index in [0.717, 1.165) is 0 Å². The monoisotopic (exact) mass is 303 g/mol. The molecule has 0 heterocycles. The number of rotatable bonds is 5. The Hall–Kier alpha value is -2.46. The standard InChI is InChI=1S/C16H14ClNO3/c1-21-13-5-2-11(3-6-13)15(19)8-9-18-14-7-4-12(17)10-16(14)20/h2-10,18,20H,1H3. The molecule has 0 unspecified atom stereocenters. The quantitative estimate of drug-likeness (QED) is 0.500. The Balaban J connectivity index is 2.01. The van der Waals surface area contributed by atoms with Gasteiger partial charge >= 0.3 is 0 Å². The van der Waals surface area contributed by atoms with Crippen molar-refractivity contribution in [3.05, 3.63) is 65.3 Å². The lowest BCUT2D eigenvalue weighted by Crippen LogP contribution is -1.96. The second-order valence-corrected chi connectivity index (χ2v) is 4.67. The maximum atomic E-state index is 11.9. The second-order valence-electron chi connectivity index (χ2n) is 4.23. The predicted molar refractivity (Wildman–Crippen MR) is 83.2 cm³/mol. The zero-order valence-corrected chi connectivity index (χ0v) is 12.1. The van der Waals surface area contributed by atoms with E-state index in [-0.39, 0.29) is 11.5 Å². The highest BCUT2D eigenvalue weighted by Gasteiger charge is 2.02. The van der Waals surface area contributed by atoms with Crippen molar-refractivity contribution in [2.75, 3.05) is 12.4 Å². The normalized spacial score (nSPS) is 10.6. The fourth-order valence-corrected chi connectivity index (χ4v) is 1.85. The molecule has 108 valence electrons. The number of ether oxygens (including phenoxy) is 1. The predicted octanol–water partition coefficient (Wildman–Crippen LogP) is 3.86. The van der Waals surface area contributed by atoms with E-state index in [1.54, 1.807) is 43.5 Å². The average Bonchev–Trinajstić information content (AvgIpc) is 2.49. The summed E-state index contributed by atoms with van der Waals surface area (Å²) < 4.78 is 5.03. The Kier molecular flexibility index (Phi) is 4.85. The van der Waals surface area contributed by atoms with Crippen LogP contribution in [0.3, 0.4) is 0 Å². The molecule has 0 radical (unpaired) electrons. The van der Waals surface area contributed by atoms with Crippen molar-refractivity contribution in [1.29, 1.82) is 0 Å². The maximum absolute atomic E-state index is 11.9. The van der Waals surface area contributed by atoms with Crippen LogP contribution in [0.4, 0.5) is 5.69 Å². The van der Waals surface area contributed by atoms with Gasteiger partial charge in [0, 0.05) is 28.9 Å². The first-order chi connectivity index (χ1) is 10.1. The van der Waals surface area contributed by atoms with E-state index in [0.29, 0.717) is 22.0 Å². The summed E-state index contributed by atoms with van der Waals surface area (Å²) in [7, 11) is 1.57. The number of anilines is 1. The van der Waals surface area contributed by atoms with Gasteiger partial charge in [-0.1, -0.05) is 11.6 Å². The van der Waals surface area contributed by atoms with Crippen molar-refractivity contribution in [2.24, 2.45) is 0 Å². The van der Waals surface area contributed by atoms with Crippen LogP contribution in [0.25, 0.3) is 0 Å². The molecule has 0 aromatic heterocycles. The van der Waals surface area contributed by atoms with E-state index in [4.69, 9.17) is 16.3 Å². The molecule has 0 saturated heterocycles. The Morgan fingerprint density at radius 1 is 1.24 bits per heavy atom. The van der Waals surface area contributed by atoms with Crippen LogP contribution in [0.1, 0.15) is 10.4 Å². The molecule has 0 aliphatic carbocycles. The molecule has 0 amide bonds. The lowest BCUT2D eigenvalue weighted by Gasteiger charge is -2.04. The number of phenols is 1. The molecule has 21 heavy (non-hydrogen) atoms. The SMILES string of the molecule is COc1ccc(C(=O)C=CNc2ccc(Cl)cc2O)cc1. The summed E-state index contributed by atoms with van der Waals surface area (Å²) in [6, 6.07) is 11.5. The lowest BCUT2D eigenvalue weighted by atomic mass is 10.1. The van der Waals surface area contributed by atoms with Gasteiger partial charge < -0.3 is 15.2 Å². The van der Waals surface area contributed by atoms with Crippen LogP contribution in [-0.2, 0) is 0 Å². The Labute approximate surface area is 127 Å². The number of hydrogen-bond donors (Lipinski definition) is 2. The van der Waals surface area contributed by atoms with Crippen LogP contribution < -0.4 is 10.1 Å². The molecule has 0 aliphatic rings. The molecule has 2 aromatic rings. The molecule has 0 fully saturated rings. The summed E-state index contributed by atoms with van der Waals surface area (Å²) in [4.78, 5) is 11.9. The van der Waals surface area contributed by atoms with Crippen molar-refractivity contribution in [2.45, 2.75) is 0 Å². The van der Waals surface area contributed by atoms with Crippen molar-refractivity contribution in [3.63, 3.8) is 0 Å². The van der Waals surface area contributed by atoms with Crippen LogP contribution in [0, 0.1) is 0 Å². The van der Waals surface area contributed by atoms with Gasteiger partial charge in [-0.05, 0) is 36.4 Å². The molecular weight excluding hydrogens is 290 g/mol. The smallest absolute Gasteiger partial charge is 0.187 e. The number of aromatic hydroxyl groups is 1. The topological polar surface area (TPSA) is 58.6 Å². The number of methoxy groups -OCH3 is 1. The lowest BCUT2D eigenvalue weighted by molar-refractivity contribution is 0.104. The Morgan fingerprint density at radius 3 is 2.57 bits per heavy atom. The highest BCUT2D eigenvalue weighted by molar-refractivity contribution is 6.30. The summed E-state index contributed by atoms with van der Waals surface area (Å²) in [6.07, 6.45) is 2.85. The van der Waals surface area contributed by atoms with Crippen LogP contribution in [0.2, 0.25) is 5.02 Å². The largest absolute Gasteiger partial charge is 0.506 e. The number of halogens is 1. The third kappa shape index (κ3) is 4.00. The summed E-state index contributed by atoms with van der Waals surface area (Å²) in [5.41, 5.74) is 1.02. The van der Waals surface area contributed by atoms with Crippen LogP contribution in [0.15, 0.2) is 54.7 Å². The first kappa shape index (κ1) is 14.9. The third-order valence-electron chi connectivity index (χ3n) is 2.81. The van der Waals surface area contributed by atoms with Gasteiger partial charge in [-0.25, -0.2) is 0 Å². The first-order valence-corrected chi connectivity index (χ1v) is 6.58. The number of hydrogen-bond acceptors (Lipinski definition) is 4. The Morgan fingerprint density at radius 2 is 1.95 bits per heavy atom. The fourth-order valence-electron chi connectivity index (χ4n) is 1.69. The molecular formula is C16H14ClNO3. The van der Waals surface area contributed by atoms with Gasteiger partial charge in [-0.2, -0.15) is 0 Å². The van der Waals surface area contributed by atoms with Gasteiger partial charge in [0.1, 0.15) is 11.5 Å². The minimum absolute atomic E-state index is 0.0176. The number of phenolic OH excluding ortho intramolecular Hbond substituents is 1. The minimum atomic E-state index is -0.154. The van der Waals surface area contributed by atoms with E-state index >= 15 is 0 Å². The number of benzene rings is 2. The summed E-state index contributed by atoms with van der Waals surface area (Å²) in [5.74, 6) is 0.558. The zero-order chi connectivity index (χ0) is 15.2. The van der Waals surface area contributed by atoms with Crippen LogP contribution in [0.5, 0.6) is 11.5 Å². The van der Waals surface area contributed by atoms with Crippen molar-refractivity contribution in [3.8, 4) is 11.5 Å². The van der Waals surface area contributed by atoms with Crippen LogP contribution in [-0.4, -0.2) is 18.0 Å². The molecule has 4 nitrogen and oxygen atoms in total. The number of ketones is 1. The Bertz CT molecular complexity index is 666. The van der Waals surface area contributed by atoms with E-state index in [9.17, 15) is 9.90 Å². The van der Waals surface area contributed by atoms with E-state index in [2.05, 4.69) is 5.32 Å². The number of carbonyl (C=O) groups is 1. The molecule has 2 aromatic carbocycles. The minimum Gasteiger partial charge on any atom is -0.506 e. The summed E-state index contributed by atoms with van der Waals surface area (Å²) in [6.45, 7) is 0. The molecule has 0 spiro atoms. The molecule has 5 heteroatoms. The highest BCUT2D eigenvalue weighted by Crippen LogP contribution is 2.26. The fraction of sp³-hybridized carbons (Fsp3) is 0.0625. The van der Waals surface area contributed by atoms with Crippen molar-refractivity contribution in [1.82, 2.24) is 0 Å². The molecule has 0 atom stereocenters. The molecule has 0 aliphatic heterocycles. The van der Waals surface area contributed by atoms with Gasteiger partial charge in [0.05, 0.1) is 12.8 Å². The van der Waals surface area contributed by atoms with E-state index in [1.165, 1.54) is 18.3 Å². The molecule has 2 N–H and O–H groups in total. The second kappa shape index (κ2) is 6.81. The van der Waals surface area contributed by atoms with Gasteiger partial charge in [-0.15, -0.1) is 0 Å². The summed E-state index contributed by atoms with van der Waals surface area (Å²) in [5, 5.41) is 12.9. The third-order valence-corrected chi connectivity index (χ3v) is 3.04. The molecule has 0 saturated carbocycles. The summed E-state index contributed by atoms with van der Waals surface area (Å²) >= 11 is 5.74. The van der Waals surface area contributed by atoms with Crippen molar-refractivity contribution < 1.29 is 14.6 Å². The van der Waals surface area contributed by atoms with Gasteiger partial charge in [-0.3, -0.25) is 4.79 Å². The maximum Gasteiger partial charge on any atom is 0.187 e. The number of carbonyl (C=O) groups excluding carboxylic acids is 1. The van der Waals surface area contributed by atoms with Gasteiger partial charge in [0.2, 0.25) is 0 Å². The highest BCUT2D eigenvalue weighted by atomic mass is 35.5. The first-order valence-electron chi connectivity index (χ1n) is 6.20. The molecule has 0 bridgehead atoms. The van der Waals surface area contributed by atoms with Crippen molar-refractivity contribution >= 4 is 23.1 Å². The van der Waals surface area contributed by atoms with Gasteiger partial charge in [0.15, 0.2) is 5.78 Å². The average molecular weight is 304 g/mol. The number of allylic oxidation sites excluding steroid dienone is 1.